The monoisotopic (exact) mass is 414 g/mol. The van der Waals surface area contributed by atoms with Gasteiger partial charge in [0.15, 0.2) is 5.82 Å². The number of nitrogens with zero attached hydrogens (tertiary/aromatic N) is 6. The van der Waals surface area contributed by atoms with Crippen LogP contribution in [0.25, 0.3) is 11.4 Å². The van der Waals surface area contributed by atoms with Crippen molar-refractivity contribution < 1.29 is 0 Å². The Bertz CT molecular complexity index is 1120. The molecule has 0 amide bonds. The van der Waals surface area contributed by atoms with Gasteiger partial charge in [0.05, 0.1) is 11.4 Å². The molecule has 6 heteroatoms. The van der Waals surface area contributed by atoms with E-state index < -0.39 is 0 Å². The summed E-state index contributed by atoms with van der Waals surface area (Å²) in [6.45, 7) is 14.8. The first kappa shape index (κ1) is 21.0. The highest BCUT2D eigenvalue weighted by molar-refractivity contribution is 6.50. The molecule has 2 heterocycles. The van der Waals surface area contributed by atoms with Gasteiger partial charge in [0, 0.05) is 29.8 Å². The minimum absolute atomic E-state index is 0.174. The van der Waals surface area contributed by atoms with E-state index >= 15 is 0 Å². The minimum atomic E-state index is -0.174. The van der Waals surface area contributed by atoms with E-state index in [1.165, 1.54) is 11.3 Å². The van der Waals surface area contributed by atoms with Crippen molar-refractivity contribution in [1.29, 1.82) is 0 Å². The third kappa shape index (κ3) is 4.15. The van der Waals surface area contributed by atoms with Gasteiger partial charge in [-0.2, -0.15) is 5.10 Å². The standard InChI is InChI=1S/C25H30N6/c1-7-30(8-2)20-15-13-19(14-16-20)26-21-22(25(4,5)6)28-31-24(21)27-23(29-31)18-11-9-17(3)10-12-18/h9-16H,7-8H2,1-6H3/b26-21-. The summed E-state index contributed by atoms with van der Waals surface area (Å²) in [5.41, 5.74) is 5.78. The Morgan fingerprint density at radius 1 is 0.935 bits per heavy atom. The van der Waals surface area contributed by atoms with Crippen LogP contribution in [0.3, 0.4) is 0 Å². The van der Waals surface area contributed by atoms with Gasteiger partial charge in [-0.05, 0) is 45.0 Å². The summed E-state index contributed by atoms with van der Waals surface area (Å²) in [6.07, 6.45) is 0. The Balaban J connectivity index is 1.74. The number of hydrogen-bond acceptors (Lipinski definition) is 5. The smallest absolute Gasteiger partial charge is 0.204 e. The molecule has 160 valence electrons. The average Bonchev–Trinajstić information content (AvgIpc) is 3.30. The fourth-order valence-electron chi connectivity index (χ4n) is 3.66. The van der Waals surface area contributed by atoms with Gasteiger partial charge >= 0.3 is 0 Å². The predicted octanol–water partition coefficient (Wildman–Crippen LogP) is 5.48. The molecule has 1 aromatic heterocycles. The summed E-state index contributed by atoms with van der Waals surface area (Å²) < 4.78 is 0. The molecule has 0 bridgehead atoms. The molecule has 0 radical (unpaired) electrons. The molecular weight excluding hydrogens is 384 g/mol. The third-order valence-electron chi connectivity index (χ3n) is 5.46. The molecule has 4 rings (SSSR count). The first-order valence-electron chi connectivity index (χ1n) is 10.9. The Labute approximate surface area is 184 Å². The predicted molar refractivity (Wildman–Crippen MR) is 129 cm³/mol. The third-order valence-corrected chi connectivity index (χ3v) is 5.46. The van der Waals surface area contributed by atoms with Crippen molar-refractivity contribution in [2.24, 2.45) is 15.5 Å². The molecule has 3 aromatic rings. The van der Waals surface area contributed by atoms with E-state index in [-0.39, 0.29) is 5.41 Å². The molecule has 1 aliphatic heterocycles. The van der Waals surface area contributed by atoms with Gasteiger partial charge in [-0.25, -0.2) is 9.98 Å². The second-order valence-corrected chi connectivity index (χ2v) is 8.86. The molecule has 0 aliphatic carbocycles. The first-order chi connectivity index (χ1) is 14.8. The van der Waals surface area contributed by atoms with E-state index in [1.807, 2.05) is 12.1 Å². The van der Waals surface area contributed by atoms with Crippen molar-refractivity contribution in [2.75, 3.05) is 18.0 Å². The normalized spacial score (nSPS) is 14.6. The number of hydrogen-bond donors (Lipinski definition) is 0. The molecule has 0 fully saturated rings. The van der Waals surface area contributed by atoms with Crippen molar-refractivity contribution in [2.45, 2.75) is 41.5 Å². The summed E-state index contributed by atoms with van der Waals surface area (Å²) in [4.78, 5) is 13.7. The molecule has 0 spiro atoms. The second kappa shape index (κ2) is 8.10. The van der Waals surface area contributed by atoms with E-state index in [4.69, 9.17) is 15.1 Å². The molecule has 0 N–H and O–H groups in total. The summed E-state index contributed by atoms with van der Waals surface area (Å²) in [5, 5.41) is 9.39. The van der Waals surface area contributed by atoms with Gasteiger partial charge in [-0.15, -0.1) is 9.89 Å². The summed E-state index contributed by atoms with van der Waals surface area (Å²) in [6, 6.07) is 16.6. The molecular formula is C25H30N6. The van der Waals surface area contributed by atoms with Crippen LogP contribution >= 0.6 is 0 Å². The lowest BCUT2D eigenvalue weighted by atomic mass is 9.87. The van der Waals surface area contributed by atoms with Crippen LogP contribution in [0, 0.1) is 12.3 Å². The lowest BCUT2D eigenvalue weighted by Gasteiger charge is -2.21. The maximum Gasteiger partial charge on any atom is 0.204 e. The SMILES string of the molecule is CCN(CC)c1ccc(/N=C2/C(C(C)(C)C)=Nn3nc(-c4ccc(C)cc4)nc32)cc1. The summed E-state index contributed by atoms with van der Waals surface area (Å²) >= 11 is 0. The highest BCUT2D eigenvalue weighted by Crippen LogP contribution is 2.29. The van der Waals surface area contributed by atoms with Crippen molar-refractivity contribution in [3.05, 3.63) is 59.9 Å². The zero-order chi connectivity index (χ0) is 22.2. The lowest BCUT2D eigenvalue weighted by molar-refractivity contribution is 0.589. The van der Waals surface area contributed by atoms with E-state index in [9.17, 15) is 0 Å². The summed E-state index contributed by atoms with van der Waals surface area (Å²) in [7, 11) is 0. The zero-order valence-electron chi connectivity index (χ0n) is 19.2. The molecule has 0 saturated carbocycles. The highest BCUT2D eigenvalue weighted by Gasteiger charge is 2.34. The van der Waals surface area contributed by atoms with Gasteiger partial charge < -0.3 is 4.90 Å². The lowest BCUT2D eigenvalue weighted by Crippen LogP contribution is -2.27. The molecule has 6 nitrogen and oxygen atoms in total. The quantitative estimate of drug-likeness (QED) is 0.555. The largest absolute Gasteiger partial charge is 0.372 e. The molecule has 0 saturated heterocycles. The van der Waals surface area contributed by atoms with Gasteiger partial charge in [0.2, 0.25) is 5.82 Å². The van der Waals surface area contributed by atoms with E-state index in [1.54, 1.807) is 4.79 Å². The minimum Gasteiger partial charge on any atom is -0.372 e. The van der Waals surface area contributed by atoms with Crippen LogP contribution in [-0.4, -0.2) is 39.4 Å². The number of aryl methyl sites for hydroxylation is 1. The molecule has 1 aliphatic rings. The van der Waals surface area contributed by atoms with Crippen molar-refractivity contribution >= 4 is 22.8 Å². The molecule has 2 aromatic carbocycles. The highest BCUT2D eigenvalue weighted by atomic mass is 15.6. The number of benzene rings is 2. The van der Waals surface area contributed by atoms with Gasteiger partial charge in [0.25, 0.3) is 0 Å². The molecule has 0 unspecified atom stereocenters. The Morgan fingerprint density at radius 3 is 2.16 bits per heavy atom. The van der Waals surface area contributed by atoms with Crippen LogP contribution in [0.1, 0.15) is 46.0 Å². The van der Waals surface area contributed by atoms with Gasteiger partial charge in [-0.3, -0.25) is 0 Å². The average molecular weight is 415 g/mol. The zero-order valence-corrected chi connectivity index (χ0v) is 19.2. The van der Waals surface area contributed by atoms with E-state index in [0.29, 0.717) is 11.6 Å². The van der Waals surface area contributed by atoms with Crippen LogP contribution < -0.4 is 4.90 Å². The number of anilines is 1. The number of fused-ring (bicyclic) bond motifs is 1. The number of aromatic nitrogens is 3. The van der Waals surface area contributed by atoms with Gasteiger partial charge in [-0.1, -0.05) is 50.6 Å². The van der Waals surface area contributed by atoms with Gasteiger partial charge in [0.1, 0.15) is 5.71 Å². The second-order valence-electron chi connectivity index (χ2n) is 8.86. The fraction of sp³-hybridized carbons (Fsp3) is 0.360. The molecule has 31 heavy (non-hydrogen) atoms. The number of aliphatic imine (C=N–C) groups is 1. The maximum absolute atomic E-state index is 4.96. The first-order valence-corrected chi connectivity index (χ1v) is 10.9. The van der Waals surface area contributed by atoms with Crippen LogP contribution in [0.4, 0.5) is 11.4 Å². The van der Waals surface area contributed by atoms with E-state index in [2.05, 4.69) is 87.9 Å². The Kier molecular flexibility index (Phi) is 5.48. The van der Waals surface area contributed by atoms with Crippen LogP contribution in [0.15, 0.2) is 58.6 Å². The molecule has 0 atom stereocenters. The van der Waals surface area contributed by atoms with E-state index in [0.717, 1.165) is 35.8 Å². The maximum atomic E-state index is 4.96. The fourth-order valence-corrected chi connectivity index (χ4v) is 3.66. The summed E-state index contributed by atoms with van der Waals surface area (Å²) in [5.74, 6) is 1.35. The topological polar surface area (TPSA) is 58.7 Å². The van der Waals surface area contributed by atoms with Crippen LogP contribution in [0.2, 0.25) is 0 Å². The van der Waals surface area contributed by atoms with Crippen molar-refractivity contribution in [1.82, 2.24) is 14.9 Å². The van der Waals surface area contributed by atoms with Crippen molar-refractivity contribution in [3.63, 3.8) is 0 Å². The Morgan fingerprint density at radius 2 is 1.58 bits per heavy atom. The van der Waals surface area contributed by atoms with Crippen molar-refractivity contribution in [3.8, 4) is 11.4 Å². The number of rotatable bonds is 5. The van der Waals surface area contributed by atoms with Crippen LogP contribution in [0.5, 0.6) is 0 Å². The Hall–Kier alpha value is -3.28. The van der Waals surface area contributed by atoms with Crippen LogP contribution in [-0.2, 0) is 0 Å².